The molecule has 0 bridgehead atoms. The van der Waals surface area contributed by atoms with Crippen LogP contribution in [0.1, 0.15) is 73.1 Å². The Bertz CT molecular complexity index is 1690. The summed E-state index contributed by atoms with van der Waals surface area (Å²) in [4.78, 5) is 28.6. The summed E-state index contributed by atoms with van der Waals surface area (Å²) in [5.74, 6) is 1.88. The van der Waals surface area contributed by atoms with Gasteiger partial charge in [0.05, 0.1) is 36.1 Å². The fraction of sp³-hybridized carbons (Fsp3) is 0.524. The fourth-order valence-electron chi connectivity index (χ4n) is 7.27. The Morgan fingerprint density at radius 2 is 1.58 bits per heavy atom. The molecule has 3 aromatic rings. The predicted octanol–water partition coefficient (Wildman–Crippen LogP) is 7.95. The third kappa shape index (κ3) is 10.8. The van der Waals surface area contributed by atoms with Gasteiger partial charge in [0.15, 0.2) is 5.75 Å². The van der Waals surface area contributed by atoms with Gasteiger partial charge in [-0.3, -0.25) is 9.59 Å². The SMILES string of the molecule is COCCCc1cc(CN(C(=O)[C@H]2CNCC[C@@H]2c2ccc(OCCOc3c(Cl)cc(C)cc3Cl)cc2)C2CC2)cc(OCC2(CC(=O)OC)CC2)c1. The molecule has 1 aliphatic heterocycles. The van der Waals surface area contributed by atoms with E-state index in [0.29, 0.717) is 61.7 Å². The third-order valence-electron chi connectivity index (χ3n) is 10.6. The molecule has 0 unspecified atom stereocenters. The monoisotopic (exact) mass is 766 g/mol. The Morgan fingerprint density at radius 3 is 2.26 bits per heavy atom. The van der Waals surface area contributed by atoms with Crippen molar-refractivity contribution in [3.05, 3.63) is 86.9 Å². The van der Waals surface area contributed by atoms with E-state index in [0.717, 1.165) is 85.2 Å². The number of ether oxygens (including phenoxy) is 5. The minimum Gasteiger partial charge on any atom is -0.493 e. The van der Waals surface area contributed by atoms with Crippen molar-refractivity contribution in [3.8, 4) is 17.2 Å². The number of piperidine rings is 1. The molecule has 11 heteroatoms. The van der Waals surface area contributed by atoms with Gasteiger partial charge in [-0.1, -0.05) is 41.4 Å². The summed E-state index contributed by atoms with van der Waals surface area (Å²) in [5, 5.41) is 4.45. The number of carbonyl (C=O) groups excluding carboxylic acids is 2. The van der Waals surface area contributed by atoms with Crippen LogP contribution in [0.3, 0.4) is 0 Å². The lowest BCUT2D eigenvalue weighted by Crippen LogP contribution is -2.47. The van der Waals surface area contributed by atoms with Crippen molar-refractivity contribution in [2.75, 3.05) is 53.7 Å². The Balaban J connectivity index is 1.10. The normalized spacial score (nSPS) is 19.0. The van der Waals surface area contributed by atoms with Gasteiger partial charge in [-0.05, 0) is 123 Å². The number of hydrogen-bond donors (Lipinski definition) is 1. The lowest BCUT2D eigenvalue weighted by molar-refractivity contribution is -0.142. The molecule has 2 saturated carbocycles. The number of methoxy groups -OCH3 is 2. The molecule has 1 saturated heterocycles. The Labute approximate surface area is 323 Å². The lowest BCUT2D eigenvalue weighted by atomic mass is 9.80. The highest BCUT2D eigenvalue weighted by Gasteiger charge is 2.46. The molecule has 286 valence electrons. The average molecular weight is 768 g/mol. The van der Waals surface area contributed by atoms with Crippen LogP contribution in [0.2, 0.25) is 10.0 Å². The quantitative estimate of drug-likeness (QED) is 0.0971. The number of carbonyl (C=O) groups is 2. The molecule has 1 heterocycles. The van der Waals surface area contributed by atoms with E-state index in [1.807, 2.05) is 31.2 Å². The number of amides is 1. The second-order valence-corrected chi connectivity index (χ2v) is 15.7. The van der Waals surface area contributed by atoms with Crippen LogP contribution in [0.5, 0.6) is 17.2 Å². The number of aryl methyl sites for hydroxylation is 2. The van der Waals surface area contributed by atoms with Crippen molar-refractivity contribution in [2.24, 2.45) is 11.3 Å². The first kappa shape index (κ1) is 39.2. The fourth-order valence-corrected chi connectivity index (χ4v) is 7.98. The molecule has 2 atom stereocenters. The largest absolute Gasteiger partial charge is 0.493 e. The zero-order valence-electron chi connectivity index (χ0n) is 31.1. The van der Waals surface area contributed by atoms with Crippen LogP contribution in [0.15, 0.2) is 54.6 Å². The number of halogens is 2. The zero-order chi connectivity index (χ0) is 37.4. The molecule has 0 aromatic heterocycles. The van der Waals surface area contributed by atoms with Crippen molar-refractivity contribution in [2.45, 2.75) is 76.8 Å². The molecule has 6 rings (SSSR count). The number of nitrogens with zero attached hydrogens (tertiary/aromatic N) is 1. The number of nitrogens with one attached hydrogen (secondary N) is 1. The maximum absolute atomic E-state index is 14.5. The molecular formula is C42H52Cl2N2O7. The Morgan fingerprint density at radius 1 is 0.868 bits per heavy atom. The minimum absolute atomic E-state index is 0.0945. The van der Waals surface area contributed by atoms with E-state index in [-0.39, 0.29) is 35.2 Å². The van der Waals surface area contributed by atoms with E-state index in [9.17, 15) is 9.59 Å². The third-order valence-corrected chi connectivity index (χ3v) is 11.1. The predicted molar refractivity (Wildman–Crippen MR) is 206 cm³/mol. The van der Waals surface area contributed by atoms with Gasteiger partial charge in [0, 0.05) is 38.3 Å². The Kier molecular flexibility index (Phi) is 13.5. The molecule has 0 spiro atoms. The molecule has 1 N–H and O–H groups in total. The van der Waals surface area contributed by atoms with Crippen LogP contribution in [-0.2, 0) is 32.0 Å². The van der Waals surface area contributed by atoms with Gasteiger partial charge in [-0.15, -0.1) is 0 Å². The highest BCUT2D eigenvalue weighted by atomic mass is 35.5. The molecule has 2 aliphatic carbocycles. The van der Waals surface area contributed by atoms with E-state index in [4.69, 9.17) is 46.9 Å². The zero-order valence-corrected chi connectivity index (χ0v) is 32.6. The molecule has 1 amide bonds. The molecule has 3 aliphatic rings. The van der Waals surface area contributed by atoms with Crippen LogP contribution in [0.25, 0.3) is 0 Å². The summed E-state index contributed by atoms with van der Waals surface area (Å²) < 4.78 is 28.4. The first-order chi connectivity index (χ1) is 25.7. The van der Waals surface area contributed by atoms with Crippen molar-refractivity contribution in [3.63, 3.8) is 0 Å². The lowest BCUT2D eigenvalue weighted by Gasteiger charge is -2.36. The van der Waals surface area contributed by atoms with Crippen LogP contribution < -0.4 is 19.5 Å². The maximum Gasteiger partial charge on any atom is 0.306 e. The van der Waals surface area contributed by atoms with E-state index in [2.05, 4.69) is 40.5 Å². The summed E-state index contributed by atoms with van der Waals surface area (Å²) in [6, 6.07) is 18.4. The van der Waals surface area contributed by atoms with E-state index in [1.165, 1.54) is 7.11 Å². The number of hydrogen-bond acceptors (Lipinski definition) is 8. The standard InChI is InChI=1S/C42H52Cl2N2O7/c1-28-19-37(43)40(38(44)20-28)52-18-17-51-33-10-6-31(7-11-33)35-12-15-45-25-36(35)41(48)46(32-8-9-32)26-30-21-29(5-4-16-49-2)22-34(23-30)53-27-42(13-14-42)24-39(47)50-3/h6-7,10-11,19-23,32,35-36,45H,4-5,8-9,12-18,24-27H2,1-3H3/t35-,36+/m1/s1. The smallest absolute Gasteiger partial charge is 0.306 e. The summed E-state index contributed by atoms with van der Waals surface area (Å²) in [7, 11) is 3.15. The van der Waals surface area contributed by atoms with Gasteiger partial charge in [-0.25, -0.2) is 0 Å². The molecule has 3 aromatic carbocycles. The van der Waals surface area contributed by atoms with E-state index < -0.39 is 0 Å². The Hall–Kier alpha value is -3.50. The molecule has 3 fully saturated rings. The summed E-state index contributed by atoms with van der Waals surface area (Å²) >= 11 is 12.6. The number of rotatable bonds is 19. The van der Waals surface area contributed by atoms with Crippen molar-refractivity contribution in [1.29, 1.82) is 0 Å². The first-order valence-corrected chi connectivity index (χ1v) is 19.6. The molecule has 9 nitrogen and oxygen atoms in total. The van der Waals surface area contributed by atoms with Crippen LogP contribution >= 0.6 is 23.2 Å². The van der Waals surface area contributed by atoms with Gasteiger partial charge in [0.1, 0.15) is 24.7 Å². The van der Waals surface area contributed by atoms with Gasteiger partial charge >= 0.3 is 5.97 Å². The highest BCUT2D eigenvalue weighted by Crippen LogP contribution is 2.49. The van der Waals surface area contributed by atoms with Gasteiger partial charge in [-0.2, -0.15) is 0 Å². The molecule has 53 heavy (non-hydrogen) atoms. The van der Waals surface area contributed by atoms with Gasteiger partial charge in [0.2, 0.25) is 5.91 Å². The summed E-state index contributed by atoms with van der Waals surface area (Å²) in [6.07, 6.45) is 6.92. The maximum atomic E-state index is 14.5. The number of benzene rings is 3. The van der Waals surface area contributed by atoms with Crippen molar-refractivity contribution >= 4 is 35.1 Å². The van der Waals surface area contributed by atoms with Crippen LogP contribution in [0, 0.1) is 18.3 Å². The second-order valence-electron chi connectivity index (χ2n) is 14.8. The van der Waals surface area contributed by atoms with E-state index in [1.54, 1.807) is 7.11 Å². The average Bonchev–Trinajstić information content (AvgIpc) is 4.10. The molecular weight excluding hydrogens is 715 g/mol. The van der Waals surface area contributed by atoms with Crippen molar-refractivity contribution in [1.82, 2.24) is 10.2 Å². The summed E-state index contributed by atoms with van der Waals surface area (Å²) in [5.41, 5.74) is 4.18. The summed E-state index contributed by atoms with van der Waals surface area (Å²) in [6.45, 7) is 5.73. The first-order valence-electron chi connectivity index (χ1n) is 18.8. The molecule has 0 radical (unpaired) electrons. The van der Waals surface area contributed by atoms with Crippen LogP contribution in [-0.4, -0.2) is 76.6 Å². The van der Waals surface area contributed by atoms with E-state index >= 15 is 0 Å². The van der Waals surface area contributed by atoms with Gasteiger partial charge in [0.25, 0.3) is 0 Å². The number of esters is 1. The second kappa shape index (κ2) is 18.2. The topological polar surface area (TPSA) is 95.6 Å². The van der Waals surface area contributed by atoms with Gasteiger partial charge < -0.3 is 33.9 Å². The van der Waals surface area contributed by atoms with Crippen molar-refractivity contribution < 1.29 is 33.3 Å². The van der Waals surface area contributed by atoms with Crippen LogP contribution in [0.4, 0.5) is 0 Å². The minimum atomic E-state index is -0.199. The highest BCUT2D eigenvalue weighted by molar-refractivity contribution is 6.37.